The van der Waals surface area contributed by atoms with E-state index >= 15 is 0 Å². The minimum atomic E-state index is 0.210. The molecule has 2 N–H and O–H groups in total. The third kappa shape index (κ3) is 1.45. The average Bonchev–Trinajstić information content (AvgIpc) is 2.50. The maximum atomic E-state index is 6.11. The number of hydrogen-bond acceptors (Lipinski definition) is 2. The van der Waals surface area contributed by atoms with Crippen molar-refractivity contribution in [1.29, 1.82) is 0 Å². The zero-order valence-electron chi connectivity index (χ0n) is 10.5. The molecule has 0 spiro atoms. The normalized spacial score (nSPS) is 44.6. The van der Waals surface area contributed by atoms with Gasteiger partial charge in [-0.05, 0) is 42.9 Å². The predicted octanol–water partition coefficient (Wildman–Crippen LogP) is 2.57. The van der Waals surface area contributed by atoms with Crippen molar-refractivity contribution in [2.24, 2.45) is 22.5 Å². The van der Waals surface area contributed by atoms with Crippen LogP contribution >= 0.6 is 0 Å². The molecule has 0 aliphatic heterocycles. The van der Waals surface area contributed by atoms with Gasteiger partial charge in [0, 0.05) is 6.54 Å². The van der Waals surface area contributed by atoms with Gasteiger partial charge in [-0.25, -0.2) is 0 Å². The van der Waals surface area contributed by atoms with Crippen LogP contribution in [-0.2, 0) is 4.74 Å². The molecule has 2 saturated carbocycles. The summed E-state index contributed by atoms with van der Waals surface area (Å²) in [5.41, 5.74) is 6.46. The minimum absolute atomic E-state index is 0.210. The number of ether oxygens (including phenoxy) is 1. The molecule has 15 heavy (non-hydrogen) atoms. The van der Waals surface area contributed by atoms with E-state index in [2.05, 4.69) is 27.7 Å². The van der Waals surface area contributed by atoms with Crippen LogP contribution in [-0.4, -0.2) is 18.8 Å². The molecule has 2 bridgehead atoms. The van der Waals surface area contributed by atoms with Crippen LogP contribution in [0.1, 0.15) is 47.0 Å². The van der Waals surface area contributed by atoms with Gasteiger partial charge in [0.1, 0.15) is 0 Å². The van der Waals surface area contributed by atoms with Crippen molar-refractivity contribution in [3.05, 3.63) is 0 Å². The van der Waals surface area contributed by atoms with Gasteiger partial charge in [-0.15, -0.1) is 0 Å². The van der Waals surface area contributed by atoms with E-state index in [4.69, 9.17) is 10.5 Å². The van der Waals surface area contributed by atoms with Crippen molar-refractivity contribution < 1.29 is 4.74 Å². The zero-order valence-corrected chi connectivity index (χ0v) is 10.5. The summed E-state index contributed by atoms with van der Waals surface area (Å²) in [7, 11) is 0. The third-order valence-electron chi connectivity index (χ3n) is 5.44. The molecule has 2 heteroatoms. The summed E-state index contributed by atoms with van der Waals surface area (Å²) < 4.78 is 6.11. The molecule has 4 atom stereocenters. The second kappa shape index (κ2) is 3.46. The lowest BCUT2D eigenvalue weighted by Crippen LogP contribution is -2.40. The average molecular weight is 211 g/mol. The maximum Gasteiger partial charge on any atom is 0.0673 e. The second-order valence-electron chi connectivity index (χ2n) is 6.28. The van der Waals surface area contributed by atoms with Crippen LogP contribution in [0.4, 0.5) is 0 Å². The van der Waals surface area contributed by atoms with Crippen molar-refractivity contribution in [1.82, 2.24) is 0 Å². The van der Waals surface area contributed by atoms with Crippen LogP contribution in [0.2, 0.25) is 0 Å². The molecule has 0 aromatic carbocycles. The van der Waals surface area contributed by atoms with Crippen molar-refractivity contribution in [2.45, 2.75) is 59.2 Å². The van der Waals surface area contributed by atoms with E-state index < -0.39 is 0 Å². The zero-order chi connectivity index (χ0) is 11.3. The smallest absolute Gasteiger partial charge is 0.0673 e. The summed E-state index contributed by atoms with van der Waals surface area (Å²) >= 11 is 0. The molecule has 88 valence electrons. The van der Waals surface area contributed by atoms with E-state index in [0.29, 0.717) is 23.5 Å². The third-order valence-corrected chi connectivity index (χ3v) is 5.44. The standard InChI is InChI=1S/C13H25NO/c1-9(8-14)15-11-7-10-5-6-13(11,4)12(10,2)3/h9-11H,5-8,14H2,1-4H3. The highest BCUT2D eigenvalue weighted by Crippen LogP contribution is 2.66. The molecule has 2 aliphatic carbocycles. The number of rotatable bonds is 3. The van der Waals surface area contributed by atoms with E-state index in [-0.39, 0.29) is 6.10 Å². The number of fused-ring (bicyclic) bond motifs is 2. The topological polar surface area (TPSA) is 35.2 Å². The molecule has 0 amide bonds. The maximum absolute atomic E-state index is 6.11. The Hall–Kier alpha value is -0.0800. The molecule has 0 radical (unpaired) electrons. The van der Waals surface area contributed by atoms with Gasteiger partial charge in [0.05, 0.1) is 12.2 Å². The van der Waals surface area contributed by atoms with E-state index in [1.165, 1.54) is 19.3 Å². The molecule has 0 heterocycles. The van der Waals surface area contributed by atoms with Gasteiger partial charge in [-0.3, -0.25) is 0 Å². The second-order valence-corrected chi connectivity index (χ2v) is 6.28. The number of hydrogen-bond donors (Lipinski definition) is 1. The Morgan fingerprint density at radius 1 is 1.40 bits per heavy atom. The summed E-state index contributed by atoms with van der Waals surface area (Å²) in [5, 5.41) is 0. The molecule has 0 saturated heterocycles. The van der Waals surface area contributed by atoms with Crippen LogP contribution < -0.4 is 5.73 Å². The van der Waals surface area contributed by atoms with Gasteiger partial charge in [-0.2, -0.15) is 0 Å². The molecule has 0 aromatic rings. The highest BCUT2D eigenvalue weighted by Gasteiger charge is 2.62. The van der Waals surface area contributed by atoms with Crippen LogP contribution in [0.15, 0.2) is 0 Å². The highest BCUT2D eigenvalue weighted by molar-refractivity contribution is 5.11. The fraction of sp³-hybridized carbons (Fsp3) is 1.00. The first-order valence-electron chi connectivity index (χ1n) is 6.27. The lowest BCUT2D eigenvalue weighted by atomic mass is 9.70. The molecule has 4 unspecified atom stereocenters. The quantitative estimate of drug-likeness (QED) is 0.778. The molecule has 2 rings (SSSR count). The Kier molecular flexibility index (Phi) is 2.63. The molecule has 2 aliphatic rings. The lowest BCUT2D eigenvalue weighted by Gasteiger charge is -2.39. The SMILES string of the molecule is CC(CN)OC1CC2CCC1(C)C2(C)C. The highest BCUT2D eigenvalue weighted by atomic mass is 16.5. The predicted molar refractivity (Wildman–Crippen MR) is 62.6 cm³/mol. The van der Waals surface area contributed by atoms with Crippen molar-refractivity contribution in [3.63, 3.8) is 0 Å². The van der Waals surface area contributed by atoms with Crippen LogP contribution in [0.25, 0.3) is 0 Å². The Morgan fingerprint density at radius 2 is 2.07 bits per heavy atom. The van der Waals surface area contributed by atoms with Crippen LogP contribution in [0.3, 0.4) is 0 Å². The van der Waals surface area contributed by atoms with Crippen LogP contribution in [0, 0.1) is 16.7 Å². The van der Waals surface area contributed by atoms with Crippen molar-refractivity contribution >= 4 is 0 Å². The van der Waals surface area contributed by atoms with Gasteiger partial charge < -0.3 is 10.5 Å². The van der Waals surface area contributed by atoms with Gasteiger partial charge >= 0.3 is 0 Å². The summed E-state index contributed by atoms with van der Waals surface area (Å²) in [6.07, 6.45) is 4.60. The summed E-state index contributed by atoms with van der Waals surface area (Å²) in [4.78, 5) is 0. The first-order chi connectivity index (χ1) is 6.91. The molecule has 2 nitrogen and oxygen atoms in total. The van der Waals surface area contributed by atoms with Crippen molar-refractivity contribution in [3.8, 4) is 0 Å². The summed E-state index contributed by atoms with van der Waals surface area (Å²) in [5.74, 6) is 0.859. The van der Waals surface area contributed by atoms with Crippen molar-refractivity contribution in [2.75, 3.05) is 6.54 Å². The molecule has 2 fully saturated rings. The monoisotopic (exact) mass is 211 g/mol. The van der Waals surface area contributed by atoms with E-state index in [1.54, 1.807) is 0 Å². The Labute approximate surface area is 93.6 Å². The summed E-state index contributed by atoms with van der Waals surface area (Å²) in [6.45, 7) is 9.97. The Bertz CT molecular complexity index is 251. The fourth-order valence-electron chi connectivity index (χ4n) is 3.67. The van der Waals surface area contributed by atoms with E-state index in [0.717, 1.165) is 5.92 Å². The Balaban J connectivity index is 2.12. The molecule has 0 aromatic heterocycles. The van der Waals surface area contributed by atoms with Crippen LogP contribution in [0.5, 0.6) is 0 Å². The summed E-state index contributed by atoms with van der Waals surface area (Å²) in [6, 6.07) is 0. The van der Waals surface area contributed by atoms with Gasteiger partial charge in [0.25, 0.3) is 0 Å². The lowest BCUT2D eigenvalue weighted by molar-refractivity contribution is -0.0768. The van der Waals surface area contributed by atoms with Gasteiger partial charge in [0.2, 0.25) is 0 Å². The number of nitrogens with two attached hydrogens (primary N) is 1. The first kappa shape index (κ1) is 11.4. The van der Waals surface area contributed by atoms with Gasteiger partial charge in [-0.1, -0.05) is 20.8 Å². The van der Waals surface area contributed by atoms with E-state index in [9.17, 15) is 0 Å². The van der Waals surface area contributed by atoms with E-state index in [1.807, 2.05) is 0 Å². The minimum Gasteiger partial charge on any atom is -0.373 e. The molecular formula is C13H25NO. The first-order valence-corrected chi connectivity index (χ1v) is 6.27. The van der Waals surface area contributed by atoms with Gasteiger partial charge in [0.15, 0.2) is 0 Å². The fourth-order valence-corrected chi connectivity index (χ4v) is 3.67. The Morgan fingerprint density at radius 3 is 2.47 bits per heavy atom. The largest absolute Gasteiger partial charge is 0.373 e. The molecular weight excluding hydrogens is 186 g/mol.